The summed E-state index contributed by atoms with van der Waals surface area (Å²) < 4.78 is 7.79. The van der Waals surface area contributed by atoms with E-state index in [4.69, 9.17) is 4.74 Å². The van der Waals surface area contributed by atoms with Gasteiger partial charge in [-0.05, 0) is 28.2 Å². The molecule has 1 amide bonds. The van der Waals surface area contributed by atoms with E-state index in [1.54, 1.807) is 12.5 Å². The molecule has 0 aliphatic carbocycles. The second-order valence-corrected chi connectivity index (χ2v) is 7.86. The lowest BCUT2D eigenvalue weighted by Crippen LogP contribution is -2.29. The van der Waals surface area contributed by atoms with Crippen LogP contribution in [0, 0.1) is 0 Å². The maximum absolute atomic E-state index is 12.2. The van der Waals surface area contributed by atoms with E-state index in [2.05, 4.69) is 43.2 Å². The van der Waals surface area contributed by atoms with E-state index in [0.717, 1.165) is 23.4 Å². The monoisotopic (exact) mass is 377 g/mol. The Morgan fingerprint density at radius 3 is 2.46 bits per heavy atom. The summed E-state index contributed by atoms with van der Waals surface area (Å²) >= 11 is 0. The highest BCUT2D eigenvalue weighted by molar-refractivity contribution is 5.77. The smallest absolute Gasteiger partial charge is 0.258 e. The Morgan fingerprint density at radius 1 is 1.07 bits per heavy atom. The van der Waals surface area contributed by atoms with Gasteiger partial charge in [0.2, 0.25) is 0 Å². The van der Waals surface area contributed by atoms with Gasteiger partial charge in [-0.3, -0.25) is 4.79 Å². The maximum Gasteiger partial charge on any atom is 0.258 e. The van der Waals surface area contributed by atoms with Gasteiger partial charge in [0.15, 0.2) is 6.61 Å². The molecular weight excluding hydrogens is 350 g/mol. The number of benzene rings is 2. The molecule has 0 fully saturated rings. The predicted octanol–water partition coefficient (Wildman–Crippen LogP) is 3.92. The summed E-state index contributed by atoms with van der Waals surface area (Å²) in [5.41, 5.74) is 3.30. The van der Waals surface area contributed by atoms with Gasteiger partial charge in [0.1, 0.15) is 5.75 Å². The second kappa shape index (κ2) is 8.74. The van der Waals surface area contributed by atoms with Crippen molar-refractivity contribution in [2.45, 2.75) is 39.3 Å². The van der Waals surface area contributed by atoms with Gasteiger partial charge >= 0.3 is 0 Å². The number of carbonyl (C=O) groups excluding carboxylic acids is 1. The minimum Gasteiger partial charge on any atom is -0.483 e. The molecule has 0 aliphatic heterocycles. The first-order chi connectivity index (χ1) is 13.4. The molecule has 5 nitrogen and oxygen atoms in total. The standard InChI is InChI=1S/C23H27N3O2/c1-23(2,3)20-6-4-5-7-21(20)28-16-22(27)25-14-18-8-10-19(11-9-18)15-26-13-12-24-17-26/h4-13,17H,14-16H2,1-3H3,(H,25,27). The molecule has 3 aromatic rings. The average molecular weight is 377 g/mol. The van der Waals surface area contributed by atoms with E-state index in [-0.39, 0.29) is 17.9 Å². The van der Waals surface area contributed by atoms with Crippen molar-refractivity contribution in [1.29, 1.82) is 0 Å². The Morgan fingerprint density at radius 2 is 1.79 bits per heavy atom. The van der Waals surface area contributed by atoms with Gasteiger partial charge in [0, 0.05) is 25.5 Å². The summed E-state index contributed by atoms with van der Waals surface area (Å²) in [6, 6.07) is 16.1. The number of amides is 1. The minimum absolute atomic E-state index is 0.00576. The van der Waals surface area contributed by atoms with Gasteiger partial charge < -0.3 is 14.6 Å². The molecule has 0 unspecified atom stereocenters. The molecule has 0 aliphatic rings. The van der Waals surface area contributed by atoms with E-state index in [9.17, 15) is 4.79 Å². The molecule has 0 bridgehead atoms. The van der Waals surface area contributed by atoms with Crippen molar-refractivity contribution in [1.82, 2.24) is 14.9 Å². The third kappa shape index (κ3) is 5.46. The molecule has 1 N–H and O–H groups in total. The molecule has 5 heteroatoms. The van der Waals surface area contributed by atoms with Crippen molar-refractivity contribution in [3.8, 4) is 5.75 Å². The highest BCUT2D eigenvalue weighted by Crippen LogP contribution is 2.30. The van der Waals surface area contributed by atoms with Crippen molar-refractivity contribution in [3.05, 3.63) is 83.9 Å². The van der Waals surface area contributed by atoms with Crippen molar-refractivity contribution in [2.24, 2.45) is 0 Å². The summed E-state index contributed by atoms with van der Waals surface area (Å²) in [5, 5.41) is 2.91. The molecule has 0 radical (unpaired) electrons. The molecular formula is C23H27N3O2. The van der Waals surface area contributed by atoms with Crippen LogP contribution >= 0.6 is 0 Å². The summed E-state index contributed by atoms with van der Waals surface area (Å²) in [6.45, 7) is 7.66. The number of aromatic nitrogens is 2. The fraction of sp³-hybridized carbons (Fsp3) is 0.304. The zero-order chi connectivity index (χ0) is 20.0. The summed E-state index contributed by atoms with van der Waals surface area (Å²) in [5.74, 6) is 0.625. The summed E-state index contributed by atoms with van der Waals surface area (Å²) in [4.78, 5) is 16.2. The van der Waals surface area contributed by atoms with Crippen LogP contribution in [0.15, 0.2) is 67.3 Å². The van der Waals surface area contributed by atoms with E-state index in [1.807, 2.05) is 47.2 Å². The quantitative estimate of drug-likeness (QED) is 0.679. The van der Waals surface area contributed by atoms with Gasteiger partial charge in [-0.2, -0.15) is 0 Å². The number of imidazole rings is 1. The normalized spacial score (nSPS) is 11.2. The lowest BCUT2D eigenvalue weighted by molar-refractivity contribution is -0.123. The SMILES string of the molecule is CC(C)(C)c1ccccc1OCC(=O)NCc1ccc(Cn2ccnc2)cc1. The van der Waals surface area contributed by atoms with Crippen LogP contribution in [0.2, 0.25) is 0 Å². The lowest BCUT2D eigenvalue weighted by atomic mass is 9.86. The van der Waals surface area contributed by atoms with Gasteiger partial charge in [-0.15, -0.1) is 0 Å². The van der Waals surface area contributed by atoms with Gasteiger partial charge in [0.05, 0.1) is 6.33 Å². The zero-order valence-electron chi connectivity index (χ0n) is 16.7. The molecule has 0 spiro atoms. The molecule has 3 rings (SSSR count). The van der Waals surface area contributed by atoms with Crippen LogP contribution in [0.5, 0.6) is 5.75 Å². The maximum atomic E-state index is 12.2. The molecule has 0 saturated heterocycles. The van der Waals surface area contributed by atoms with Gasteiger partial charge in [0.25, 0.3) is 5.91 Å². The van der Waals surface area contributed by atoms with Crippen LogP contribution in [0.4, 0.5) is 0 Å². The highest BCUT2D eigenvalue weighted by Gasteiger charge is 2.18. The van der Waals surface area contributed by atoms with E-state index in [0.29, 0.717) is 6.54 Å². The van der Waals surface area contributed by atoms with Crippen LogP contribution in [0.25, 0.3) is 0 Å². The number of rotatable bonds is 7. The molecule has 146 valence electrons. The highest BCUT2D eigenvalue weighted by atomic mass is 16.5. The topological polar surface area (TPSA) is 56.1 Å². The van der Waals surface area contributed by atoms with Gasteiger partial charge in [-0.1, -0.05) is 63.2 Å². The van der Waals surface area contributed by atoms with E-state index < -0.39 is 0 Å². The zero-order valence-corrected chi connectivity index (χ0v) is 16.7. The Labute approximate surface area is 166 Å². The van der Waals surface area contributed by atoms with Crippen LogP contribution in [-0.2, 0) is 23.3 Å². The first-order valence-corrected chi connectivity index (χ1v) is 9.44. The number of hydrogen-bond donors (Lipinski definition) is 1. The average Bonchev–Trinajstić information content (AvgIpc) is 3.18. The number of ether oxygens (including phenoxy) is 1. The molecule has 2 aromatic carbocycles. The first-order valence-electron chi connectivity index (χ1n) is 9.44. The largest absolute Gasteiger partial charge is 0.483 e. The van der Waals surface area contributed by atoms with Crippen molar-refractivity contribution in [3.63, 3.8) is 0 Å². The Balaban J connectivity index is 1.48. The van der Waals surface area contributed by atoms with Crippen LogP contribution in [-0.4, -0.2) is 22.1 Å². The van der Waals surface area contributed by atoms with Crippen molar-refractivity contribution < 1.29 is 9.53 Å². The van der Waals surface area contributed by atoms with Crippen LogP contribution in [0.3, 0.4) is 0 Å². The number of hydrogen-bond acceptors (Lipinski definition) is 3. The first kappa shape index (κ1) is 19.7. The molecule has 1 heterocycles. The summed E-state index contributed by atoms with van der Waals surface area (Å²) in [6.07, 6.45) is 5.50. The minimum atomic E-state index is -0.133. The van der Waals surface area contributed by atoms with Crippen LogP contribution < -0.4 is 10.1 Å². The Kier molecular flexibility index (Phi) is 6.14. The van der Waals surface area contributed by atoms with Crippen LogP contribution in [0.1, 0.15) is 37.5 Å². The third-order valence-corrected chi connectivity index (χ3v) is 4.49. The van der Waals surface area contributed by atoms with Crippen molar-refractivity contribution >= 4 is 5.91 Å². The molecule has 1 aromatic heterocycles. The Bertz CT molecular complexity index is 894. The fourth-order valence-corrected chi connectivity index (χ4v) is 2.96. The van der Waals surface area contributed by atoms with Crippen molar-refractivity contribution in [2.75, 3.05) is 6.61 Å². The molecule has 28 heavy (non-hydrogen) atoms. The number of carbonyl (C=O) groups is 1. The summed E-state index contributed by atoms with van der Waals surface area (Å²) in [7, 11) is 0. The molecule has 0 atom stereocenters. The van der Waals surface area contributed by atoms with Gasteiger partial charge in [-0.25, -0.2) is 4.98 Å². The third-order valence-electron chi connectivity index (χ3n) is 4.49. The van der Waals surface area contributed by atoms with E-state index in [1.165, 1.54) is 5.56 Å². The Hall–Kier alpha value is -3.08. The predicted molar refractivity (Wildman–Crippen MR) is 110 cm³/mol. The molecule has 0 saturated carbocycles. The second-order valence-electron chi connectivity index (χ2n) is 7.86. The number of nitrogens with one attached hydrogen (secondary N) is 1. The fourth-order valence-electron chi connectivity index (χ4n) is 2.96. The van der Waals surface area contributed by atoms with E-state index >= 15 is 0 Å². The number of para-hydroxylation sites is 1. The number of nitrogens with zero attached hydrogens (tertiary/aromatic N) is 2. The lowest BCUT2D eigenvalue weighted by Gasteiger charge is -2.22.